The van der Waals surface area contributed by atoms with Gasteiger partial charge < -0.3 is 9.94 Å². The molecule has 0 saturated heterocycles. The lowest BCUT2D eigenvalue weighted by atomic mass is 10.1. The maximum Gasteiger partial charge on any atom is 0.128 e. The molecular formula is C15H16N2O2. The van der Waals surface area contributed by atoms with Crippen LogP contribution in [-0.2, 0) is 6.42 Å². The lowest BCUT2D eigenvalue weighted by Crippen LogP contribution is -2.05. The van der Waals surface area contributed by atoms with Crippen LogP contribution in [0.2, 0.25) is 0 Å². The first-order valence-corrected chi connectivity index (χ1v) is 6.11. The van der Waals surface area contributed by atoms with Crippen molar-refractivity contribution in [3.63, 3.8) is 0 Å². The van der Waals surface area contributed by atoms with Crippen molar-refractivity contribution < 1.29 is 9.94 Å². The summed E-state index contributed by atoms with van der Waals surface area (Å²) >= 11 is 0. The summed E-state index contributed by atoms with van der Waals surface area (Å²) in [6.45, 7) is 2.31. The van der Waals surface area contributed by atoms with E-state index in [0.717, 1.165) is 17.7 Å². The number of aromatic nitrogens is 1. The summed E-state index contributed by atoms with van der Waals surface area (Å²) in [5, 5.41) is 12.1. The first kappa shape index (κ1) is 13.1. The molecule has 1 aromatic heterocycles. The molecule has 1 heterocycles. The van der Waals surface area contributed by atoms with Gasteiger partial charge >= 0.3 is 0 Å². The van der Waals surface area contributed by atoms with Crippen LogP contribution in [0.25, 0.3) is 0 Å². The molecule has 0 radical (unpaired) electrons. The fourth-order valence-electron chi connectivity index (χ4n) is 1.77. The van der Waals surface area contributed by atoms with Crippen LogP contribution in [0.4, 0.5) is 0 Å². The van der Waals surface area contributed by atoms with Crippen LogP contribution in [0.1, 0.15) is 18.1 Å². The van der Waals surface area contributed by atoms with Crippen LogP contribution in [-0.4, -0.2) is 22.5 Å². The highest BCUT2D eigenvalue weighted by Gasteiger charge is 2.06. The highest BCUT2D eigenvalue weighted by atomic mass is 16.5. The maximum atomic E-state index is 8.84. The molecular weight excluding hydrogens is 240 g/mol. The van der Waals surface area contributed by atoms with E-state index >= 15 is 0 Å². The van der Waals surface area contributed by atoms with E-state index in [1.807, 2.05) is 36.4 Å². The second-order valence-electron chi connectivity index (χ2n) is 4.14. The Morgan fingerprint density at radius 3 is 2.68 bits per heavy atom. The van der Waals surface area contributed by atoms with Crippen molar-refractivity contribution in [1.82, 2.24) is 4.98 Å². The maximum absolute atomic E-state index is 8.84. The Labute approximate surface area is 112 Å². The molecule has 19 heavy (non-hydrogen) atoms. The zero-order valence-electron chi connectivity index (χ0n) is 10.8. The van der Waals surface area contributed by atoms with Gasteiger partial charge in [-0.3, -0.25) is 4.98 Å². The van der Waals surface area contributed by atoms with E-state index in [1.165, 1.54) is 5.56 Å². The molecule has 0 spiro atoms. The van der Waals surface area contributed by atoms with Gasteiger partial charge in [0.25, 0.3) is 0 Å². The Bertz CT molecular complexity index is 553. The predicted molar refractivity (Wildman–Crippen MR) is 73.9 cm³/mol. The van der Waals surface area contributed by atoms with Crippen molar-refractivity contribution in [1.29, 1.82) is 0 Å². The number of ether oxygens (including phenoxy) is 1. The normalized spacial score (nSPS) is 11.3. The third-order valence-corrected chi connectivity index (χ3v) is 2.82. The van der Waals surface area contributed by atoms with Gasteiger partial charge in [-0.1, -0.05) is 17.3 Å². The van der Waals surface area contributed by atoms with Crippen molar-refractivity contribution in [3.05, 3.63) is 59.9 Å². The number of nitrogens with zero attached hydrogens (tertiary/aromatic N) is 2. The van der Waals surface area contributed by atoms with E-state index < -0.39 is 0 Å². The van der Waals surface area contributed by atoms with Gasteiger partial charge in [0.1, 0.15) is 5.75 Å². The van der Waals surface area contributed by atoms with Crippen LogP contribution < -0.4 is 4.74 Å². The third kappa shape index (κ3) is 3.55. The van der Waals surface area contributed by atoms with Crippen LogP contribution in [0, 0.1) is 0 Å². The van der Waals surface area contributed by atoms with Gasteiger partial charge in [-0.25, -0.2) is 0 Å². The standard InChI is InChI=1S/C15H16N2O2/c1-12(17-18)14-4-2-3-5-15(14)19-11-8-13-6-9-16-10-7-13/h2-7,9-10,18H,8,11H2,1H3/b17-12+. The van der Waals surface area contributed by atoms with Crippen LogP contribution >= 0.6 is 0 Å². The molecule has 4 heteroatoms. The molecule has 0 amide bonds. The third-order valence-electron chi connectivity index (χ3n) is 2.82. The minimum Gasteiger partial charge on any atom is -0.493 e. The number of para-hydroxylation sites is 1. The molecule has 2 rings (SSSR count). The summed E-state index contributed by atoms with van der Waals surface area (Å²) in [5.41, 5.74) is 2.53. The molecule has 0 bridgehead atoms. The minimum atomic E-state index is 0.541. The highest BCUT2D eigenvalue weighted by Crippen LogP contribution is 2.19. The van der Waals surface area contributed by atoms with Crippen LogP contribution in [0.3, 0.4) is 0 Å². The van der Waals surface area contributed by atoms with E-state index in [1.54, 1.807) is 19.3 Å². The number of hydrogen-bond donors (Lipinski definition) is 1. The van der Waals surface area contributed by atoms with Crippen LogP contribution in [0.5, 0.6) is 5.75 Å². The van der Waals surface area contributed by atoms with E-state index in [9.17, 15) is 0 Å². The van der Waals surface area contributed by atoms with E-state index in [-0.39, 0.29) is 0 Å². The van der Waals surface area contributed by atoms with Gasteiger partial charge in [0, 0.05) is 24.4 Å². The molecule has 98 valence electrons. The molecule has 1 aromatic carbocycles. The van der Waals surface area contributed by atoms with Gasteiger partial charge in [0.15, 0.2) is 0 Å². The topological polar surface area (TPSA) is 54.7 Å². The van der Waals surface area contributed by atoms with E-state index in [0.29, 0.717) is 12.3 Å². The van der Waals surface area contributed by atoms with Crippen molar-refractivity contribution >= 4 is 5.71 Å². The number of hydrogen-bond acceptors (Lipinski definition) is 4. The second-order valence-corrected chi connectivity index (χ2v) is 4.14. The van der Waals surface area contributed by atoms with Crippen molar-refractivity contribution in [2.45, 2.75) is 13.3 Å². The molecule has 2 aromatic rings. The fraction of sp³-hybridized carbons (Fsp3) is 0.200. The Kier molecular flexibility index (Phi) is 4.50. The summed E-state index contributed by atoms with van der Waals surface area (Å²) in [7, 11) is 0. The number of benzene rings is 1. The molecule has 0 saturated carbocycles. The Morgan fingerprint density at radius 1 is 1.21 bits per heavy atom. The highest BCUT2D eigenvalue weighted by molar-refractivity contribution is 6.00. The molecule has 0 atom stereocenters. The summed E-state index contributed by atoms with van der Waals surface area (Å²) in [6.07, 6.45) is 4.35. The monoisotopic (exact) mass is 256 g/mol. The largest absolute Gasteiger partial charge is 0.493 e. The van der Waals surface area contributed by atoms with E-state index in [2.05, 4.69) is 10.1 Å². The second kappa shape index (κ2) is 6.54. The summed E-state index contributed by atoms with van der Waals surface area (Å²) < 4.78 is 5.75. The van der Waals surface area contributed by atoms with E-state index in [4.69, 9.17) is 9.94 Å². The van der Waals surface area contributed by atoms with Crippen molar-refractivity contribution in [2.75, 3.05) is 6.61 Å². The minimum absolute atomic E-state index is 0.541. The molecule has 0 aliphatic rings. The Balaban J connectivity index is 2.00. The molecule has 0 unspecified atom stereocenters. The molecule has 0 fully saturated rings. The SMILES string of the molecule is C/C(=N\O)c1ccccc1OCCc1ccncc1. The number of pyridine rings is 1. The molecule has 1 N–H and O–H groups in total. The van der Waals surface area contributed by atoms with Gasteiger partial charge in [-0.2, -0.15) is 0 Å². The lowest BCUT2D eigenvalue weighted by Gasteiger charge is -2.10. The van der Waals surface area contributed by atoms with Crippen LogP contribution in [0.15, 0.2) is 53.9 Å². The predicted octanol–water partition coefficient (Wildman–Crippen LogP) is 2.90. The van der Waals surface area contributed by atoms with Gasteiger partial charge in [0.05, 0.1) is 12.3 Å². The van der Waals surface area contributed by atoms with Gasteiger partial charge in [-0.15, -0.1) is 0 Å². The van der Waals surface area contributed by atoms with Gasteiger partial charge in [0.2, 0.25) is 0 Å². The van der Waals surface area contributed by atoms with Crippen molar-refractivity contribution in [3.8, 4) is 5.75 Å². The zero-order valence-corrected chi connectivity index (χ0v) is 10.8. The summed E-state index contributed by atoms with van der Waals surface area (Å²) in [5.74, 6) is 0.729. The summed E-state index contributed by atoms with van der Waals surface area (Å²) in [4.78, 5) is 3.98. The first-order valence-electron chi connectivity index (χ1n) is 6.11. The molecule has 0 aliphatic carbocycles. The average molecular weight is 256 g/mol. The first-order chi connectivity index (χ1) is 9.31. The number of rotatable bonds is 5. The Hall–Kier alpha value is -2.36. The average Bonchev–Trinajstić information content (AvgIpc) is 2.48. The fourth-order valence-corrected chi connectivity index (χ4v) is 1.77. The molecule has 0 aliphatic heterocycles. The Morgan fingerprint density at radius 2 is 1.95 bits per heavy atom. The lowest BCUT2D eigenvalue weighted by molar-refractivity contribution is 0.314. The summed E-state index contributed by atoms with van der Waals surface area (Å²) in [6, 6.07) is 11.5. The van der Waals surface area contributed by atoms with Crippen molar-refractivity contribution in [2.24, 2.45) is 5.16 Å². The quantitative estimate of drug-likeness (QED) is 0.508. The zero-order chi connectivity index (χ0) is 13.5. The molecule has 4 nitrogen and oxygen atoms in total. The van der Waals surface area contributed by atoms with Gasteiger partial charge in [-0.05, 0) is 36.8 Å². The number of oxime groups is 1. The smallest absolute Gasteiger partial charge is 0.128 e.